The third kappa shape index (κ3) is 2.60. The predicted octanol–water partition coefficient (Wildman–Crippen LogP) is 3.85. The molecule has 0 aromatic rings. The maximum atomic E-state index is 6.10. The van der Waals surface area contributed by atoms with Gasteiger partial charge in [-0.2, -0.15) is 0 Å². The number of hydrogen-bond donors (Lipinski definition) is 0. The van der Waals surface area contributed by atoms with Crippen molar-refractivity contribution >= 4 is 0 Å². The van der Waals surface area contributed by atoms with E-state index in [0.29, 0.717) is 17.9 Å². The molecule has 1 saturated heterocycles. The fourth-order valence-corrected chi connectivity index (χ4v) is 3.46. The van der Waals surface area contributed by atoms with Crippen LogP contribution in [0.5, 0.6) is 0 Å². The zero-order chi connectivity index (χ0) is 12.1. The van der Waals surface area contributed by atoms with Gasteiger partial charge in [-0.3, -0.25) is 0 Å². The Kier molecular flexibility index (Phi) is 5.77. The summed E-state index contributed by atoms with van der Waals surface area (Å²) < 4.78 is 11.6. The van der Waals surface area contributed by atoms with Crippen molar-refractivity contribution in [3.05, 3.63) is 0 Å². The van der Waals surface area contributed by atoms with E-state index in [-0.39, 0.29) is 6.29 Å². The molecule has 1 fully saturated rings. The summed E-state index contributed by atoms with van der Waals surface area (Å²) in [6.45, 7) is 9.07. The van der Waals surface area contributed by atoms with Crippen molar-refractivity contribution in [1.82, 2.24) is 0 Å². The van der Waals surface area contributed by atoms with Crippen LogP contribution in [0, 0.1) is 17.8 Å². The highest BCUT2D eigenvalue weighted by molar-refractivity contribution is 4.86. The van der Waals surface area contributed by atoms with Crippen LogP contribution in [-0.2, 0) is 9.47 Å². The van der Waals surface area contributed by atoms with Crippen molar-refractivity contribution in [2.24, 2.45) is 17.8 Å². The molecule has 1 heterocycles. The Bertz CT molecular complexity index is 175. The van der Waals surface area contributed by atoms with Gasteiger partial charge in [0.1, 0.15) is 0 Å². The number of rotatable bonds is 5. The molecule has 0 amide bonds. The minimum Gasteiger partial charge on any atom is -0.356 e. The van der Waals surface area contributed by atoms with E-state index in [1.54, 1.807) is 7.11 Å². The molecule has 0 N–H and O–H groups in total. The van der Waals surface area contributed by atoms with Crippen LogP contribution < -0.4 is 0 Å². The van der Waals surface area contributed by atoms with Crippen LogP contribution in [0.4, 0.5) is 0 Å². The molecule has 0 spiro atoms. The molecule has 0 aromatic carbocycles. The van der Waals surface area contributed by atoms with E-state index < -0.39 is 0 Å². The first-order valence-electron chi connectivity index (χ1n) is 6.91. The highest BCUT2D eigenvalue weighted by atomic mass is 16.7. The van der Waals surface area contributed by atoms with Gasteiger partial charge in [0.2, 0.25) is 0 Å². The first-order chi connectivity index (χ1) is 7.73. The second kappa shape index (κ2) is 6.61. The SMILES string of the molecule is CCC1C(CC)[C@@H](CC)C(CC)O[C@H]1OC. The molecule has 2 heteroatoms. The van der Waals surface area contributed by atoms with Gasteiger partial charge in [-0.15, -0.1) is 0 Å². The van der Waals surface area contributed by atoms with Gasteiger partial charge in [-0.1, -0.05) is 40.5 Å². The smallest absolute Gasteiger partial charge is 0.160 e. The Labute approximate surface area is 101 Å². The summed E-state index contributed by atoms with van der Waals surface area (Å²) in [6, 6.07) is 0. The van der Waals surface area contributed by atoms with E-state index in [9.17, 15) is 0 Å². The van der Waals surface area contributed by atoms with Crippen molar-refractivity contribution in [3.63, 3.8) is 0 Å². The third-order valence-electron chi connectivity index (χ3n) is 4.28. The largest absolute Gasteiger partial charge is 0.356 e. The van der Waals surface area contributed by atoms with Crippen molar-refractivity contribution in [3.8, 4) is 0 Å². The zero-order valence-corrected chi connectivity index (χ0v) is 11.5. The normalized spacial score (nSPS) is 39.9. The molecule has 0 radical (unpaired) electrons. The summed E-state index contributed by atoms with van der Waals surface area (Å²) >= 11 is 0. The van der Waals surface area contributed by atoms with E-state index in [4.69, 9.17) is 9.47 Å². The molecular weight excluding hydrogens is 200 g/mol. The van der Waals surface area contributed by atoms with Crippen LogP contribution >= 0.6 is 0 Å². The number of hydrogen-bond acceptors (Lipinski definition) is 2. The second-order valence-electron chi connectivity index (χ2n) is 4.90. The summed E-state index contributed by atoms with van der Waals surface area (Å²) in [5, 5.41) is 0. The molecule has 0 aromatic heterocycles. The Hall–Kier alpha value is -0.0800. The Morgan fingerprint density at radius 2 is 1.38 bits per heavy atom. The molecule has 5 atom stereocenters. The van der Waals surface area contributed by atoms with E-state index in [1.807, 2.05) is 0 Å². The second-order valence-corrected chi connectivity index (χ2v) is 4.90. The van der Waals surface area contributed by atoms with E-state index in [0.717, 1.165) is 18.8 Å². The topological polar surface area (TPSA) is 18.5 Å². The lowest BCUT2D eigenvalue weighted by Gasteiger charge is -2.46. The van der Waals surface area contributed by atoms with Gasteiger partial charge in [0.15, 0.2) is 6.29 Å². The van der Waals surface area contributed by atoms with Gasteiger partial charge in [-0.25, -0.2) is 0 Å². The van der Waals surface area contributed by atoms with Gasteiger partial charge >= 0.3 is 0 Å². The molecular formula is C14H28O2. The molecule has 1 rings (SSSR count). The molecule has 1 aliphatic heterocycles. The average molecular weight is 228 g/mol. The van der Waals surface area contributed by atoms with Crippen molar-refractivity contribution < 1.29 is 9.47 Å². The third-order valence-corrected chi connectivity index (χ3v) is 4.28. The molecule has 0 aliphatic carbocycles. The minimum absolute atomic E-state index is 0.0164. The first-order valence-corrected chi connectivity index (χ1v) is 6.91. The summed E-state index contributed by atoms with van der Waals surface area (Å²) in [5.74, 6) is 2.05. The highest BCUT2D eigenvalue weighted by Gasteiger charge is 2.42. The minimum atomic E-state index is 0.0164. The fourth-order valence-electron chi connectivity index (χ4n) is 3.46. The monoisotopic (exact) mass is 228 g/mol. The van der Waals surface area contributed by atoms with Crippen LogP contribution in [0.3, 0.4) is 0 Å². The van der Waals surface area contributed by atoms with Gasteiger partial charge in [0, 0.05) is 13.0 Å². The molecule has 3 unspecified atom stereocenters. The Morgan fingerprint density at radius 3 is 1.75 bits per heavy atom. The van der Waals surface area contributed by atoms with Crippen LogP contribution in [0.1, 0.15) is 53.4 Å². The lowest BCUT2D eigenvalue weighted by Crippen LogP contribution is -2.47. The van der Waals surface area contributed by atoms with Crippen LogP contribution in [0.15, 0.2) is 0 Å². The van der Waals surface area contributed by atoms with Crippen molar-refractivity contribution in [2.75, 3.05) is 7.11 Å². The standard InChI is InChI=1S/C14H28O2/c1-6-10-11(7-2)13(9-4)16-14(15-5)12(10)8-3/h10-14H,6-9H2,1-5H3/t10?,11-,12?,13?,14-/m1/s1. The summed E-state index contributed by atoms with van der Waals surface area (Å²) in [5.41, 5.74) is 0. The Balaban J connectivity index is 2.85. The number of ether oxygens (including phenoxy) is 2. The summed E-state index contributed by atoms with van der Waals surface area (Å²) in [4.78, 5) is 0. The maximum absolute atomic E-state index is 6.10. The molecule has 1 aliphatic rings. The molecule has 16 heavy (non-hydrogen) atoms. The molecule has 0 saturated carbocycles. The summed E-state index contributed by atoms with van der Waals surface area (Å²) in [7, 11) is 1.78. The zero-order valence-electron chi connectivity index (χ0n) is 11.5. The van der Waals surface area contributed by atoms with Crippen LogP contribution in [0.2, 0.25) is 0 Å². The average Bonchev–Trinajstić information content (AvgIpc) is 2.35. The van der Waals surface area contributed by atoms with Gasteiger partial charge in [0.25, 0.3) is 0 Å². The van der Waals surface area contributed by atoms with Crippen molar-refractivity contribution in [2.45, 2.75) is 65.8 Å². The highest BCUT2D eigenvalue weighted by Crippen LogP contribution is 2.41. The predicted molar refractivity (Wildman–Crippen MR) is 67.3 cm³/mol. The quantitative estimate of drug-likeness (QED) is 0.711. The number of methoxy groups -OCH3 is 1. The van der Waals surface area contributed by atoms with Crippen molar-refractivity contribution in [1.29, 1.82) is 0 Å². The van der Waals surface area contributed by atoms with E-state index in [2.05, 4.69) is 27.7 Å². The Morgan fingerprint density at radius 1 is 0.812 bits per heavy atom. The van der Waals surface area contributed by atoms with Crippen LogP contribution in [0.25, 0.3) is 0 Å². The van der Waals surface area contributed by atoms with Crippen LogP contribution in [-0.4, -0.2) is 19.5 Å². The lowest BCUT2D eigenvalue weighted by molar-refractivity contribution is -0.247. The first kappa shape index (κ1) is 14.0. The van der Waals surface area contributed by atoms with E-state index in [1.165, 1.54) is 12.8 Å². The summed E-state index contributed by atoms with van der Waals surface area (Å²) in [6.07, 6.45) is 5.14. The van der Waals surface area contributed by atoms with Gasteiger partial charge in [0.05, 0.1) is 6.10 Å². The fraction of sp³-hybridized carbons (Fsp3) is 1.00. The van der Waals surface area contributed by atoms with Gasteiger partial charge < -0.3 is 9.47 Å². The molecule has 2 nitrogen and oxygen atoms in total. The lowest BCUT2D eigenvalue weighted by atomic mass is 9.71. The molecule has 0 bridgehead atoms. The maximum Gasteiger partial charge on any atom is 0.160 e. The van der Waals surface area contributed by atoms with E-state index >= 15 is 0 Å². The molecule has 96 valence electrons. The van der Waals surface area contributed by atoms with Gasteiger partial charge in [-0.05, 0) is 24.7 Å².